The van der Waals surface area contributed by atoms with E-state index in [2.05, 4.69) is 10.1 Å². The van der Waals surface area contributed by atoms with Crippen LogP contribution in [0.5, 0.6) is 5.75 Å². The summed E-state index contributed by atoms with van der Waals surface area (Å²) in [6.45, 7) is 5.81. The summed E-state index contributed by atoms with van der Waals surface area (Å²) in [5.74, 6) is 0.951. The molecule has 0 saturated carbocycles. The molecule has 2 aromatic carbocycles. The van der Waals surface area contributed by atoms with E-state index in [1.54, 1.807) is 24.3 Å². The molecule has 6 nitrogen and oxygen atoms in total. The van der Waals surface area contributed by atoms with Gasteiger partial charge in [-0.25, -0.2) is 4.79 Å². The van der Waals surface area contributed by atoms with Gasteiger partial charge in [-0.1, -0.05) is 35.0 Å². The lowest BCUT2D eigenvalue weighted by Crippen LogP contribution is -2.07. The minimum Gasteiger partial charge on any atom is -0.491 e. The van der Waals surface area contributed by atoms with Gasteiger partial charge in [-0.05, 0) is 45.0 Å². The molecular formula is C20H20N2O4. The van der Waals surface area contributed by atoms with Crippen LogP contribution in [0.3, 0.4) is 0 Å². The number of esters is 1. The molecule has 6 heteroatoms. The first-order chi connectivity index (χ1) is 12.5. The summed E-state index contributed by atoms with van der Waals surface area (Å²) in [5, 5.41) is 3.91. The Morgan fingerprint density at radius 2 is 1.77 bits per heavy atom. The summed E-state index contributed by atoms with van der Waals surface area (Å²) in [4.78, 5) is 16.4. The van der Waals surface area contributed by atoms with Crippen molar-refractivity contribution in [2.75, 3.05) is 0 Å². The number of benzene rings is 2. The number of ether oxygens (including phenoxy) is 2. The highest BCUT2D eigenvalue weighted by Gasteiger charge is 2.13. The molecule has 26 heavy (non-hydrogen) atoms. The van der Waals surface area contributed by atoms with E-state index in [1.807, 2.05) is 45.0 Å². The number of hydrogen-bond donors (Lipinski definition) is 0. The zero-order valence-corrected chi connectivity index (χ0v) is 14.9. The number of rotatable bonds is 6. The van der Waals surface area contributed by atoms with Gasteiger partial charge in [-0.3, -0.25) is 0 Å². The first kappa shape index (κ1) is 17.7. The van der Waals surface area contributed by atoms with E-state index < -0.39 is 5.97 Å². The Bertz CT molecular complexity index is 868. The normalized spacial score (nSPS) is 10.8. The minimum atomic E-state index is -0.462. The Hall–Kier alpha value is -3.15. The van der Waals surface area contributed by atoms with Crippen molar-refractivity contribution in [1.82, 2.24) is 10.1 Å². The Morgan fingerprint density at radius 3 is 2.42 bits per heavy atom. The fraction of sp³-hybridized carbons (Fsp3) is 0.250. The second-order valence-electron chi connectivity index (χ2n) is 6.14. The predicted octanol–water partition coefficient (Wildman–Crippen LogP) is 4.19. The monoisotopic (exact) mass is 352 g/mol. The molecule has 1 aromatic heterocycles. The van der Waals surface area contributed by atoms with Gasteiger partial charge in [0.2, 0.25) is 5.82 Å². The van der Waals surface area contributed by atoms with Gasteiger partial charge in [0.05, 0.1) is 11.7 Å². The Balaban J connectivity index is 1.58. The van der Waals surface area contributed by atoms with Crippen molar-refractivity contribution in [3.8, 4) is 17.1 Å². The molecule has 0 bridgehead atoms. The number of carbonyl (C=O) groups excluding carboxylic acids is 1. The van der Waals surface area contributed by atoms with Crippen LogP contribution in [-0.2, 0) is 11.3 Å². The van der Waals surface area contributed by atoms with Gasteiger partial charge in [-0.15, -0.1) is 0 Å². The van der Waals surface area contributed by atoms with Gasteiger partial charge < -0.3 is 14.0 Å². The largest absolute Gasteiger partial charge is 0.491 e. The van der Waals surface area contributed by atoms with Crippen molar-refractivity contribution in [2.45, 2.75) is 33.5 Å². The van der Waals surface area contributed by atoms with Gasteiger partial charge in [0, 0.05) is 5.56 Å². The zero-order chi connectivity index (χ0) is 18.5. The quantitative estimate of drug-likeness (QED) is 0.619. The van der Waals surface area contributed by atoms with E-state index in [-0.39, 0.29) is 18.6 Å². The van der Waals surface area contributed by atoms with Gasteiger partial charge in [-0.2, -0.15) is 4.98 Å². The first-order valence-corrected chi connectivity index (χ1v) is 8.35. The Morgan fingerprint density at radius 1 is 1.08 bits per heavy atom. The van der Waals surface area contributed by atoms with E-state index in [0.29, 0.717) is 17.1 Å². The highest BCUT2D eigenvalue weighted by Crippen LogP contribution is 2.18. The van der Waals surface area contributed by atoms with E-state index in [1.165, 1.54) is 0 Å². The maximum absolute atomic E-state index is 12.1. The molecule has 0 fully saturated rings. The zero-order valence-electron chi connectivity index (χ0n) is 14.9. The third-order valence-electron chi connectivity index (χ3n) is 3.57. The molecule has 0 unspecified atom stereocenters. The number of aryl methyl sites for hydroxylation is 1. The van der Waals surface area contributed by atoms with Gasteiger partial charge in [0.15, 0.2) is 6.61 Å². The third-order valence-corrected chi connectivity index (χ3v) is 3.57. The van der Waals surface area contributed by atoms with Crippen molar-refractivity contribution in [3.05, 3.63) is 65.5 Å². The number of nitrogens with zero attached hydrogens (tertiary/aromatic N) is 2. The van der Waals surface area contributed by atoms with Crippen LogP contribution >= 0.6 is 0 Å². The van der Waals surface area contributed by atoms with Gasteiger partial charge in [0.25, 0.3) is 5.89 Å². The summed E-state index contributed by atoms with van der Waals surface area (Å²) in [6.07, 6.45) is 0.0769. The topological polar surface area (TPSA) is 74.5 Å². The van der Waals surface area contributed by atoms with Crippen LogP contribution in [0.1, 0.15) is 35.7 Å². The van der Waals surface area contributed by atoms with Crippen LogP contribution in [0, 0.1) is 6.92 Å². The highest BCUT2D eigenvalue weighted by atomic mass is 16.6. The maximum atomic E-state index is 12.1. The third kappa shape index (κ3) is 4.47. The van der Waals surface area contributed by atoms with Crippen LogP contribution in [0.2, 0.25) is 0 Å². The van der Waals surface area contributed by atoms with Crippen LogP contribution in [0.15, 0.2) is 53.1 Å². The Kier molecular flexibility index (Phi) is 5.31. The predicted molar refractivity (Wildman–Crippen MR) is 95.8 cm³/mol. The molecule has 1 heterocycles. The molecule has 0 aliphatic carbocycles. The first-order valence-electron chi connectivity index (χ1n) is 8.35. The van der Waals surface area contributed by atoms with E-state index in [4.69, 9.17) is 14.0 Å². The molecule has 0 aliphatic heterocycles. The van der Waals surface area contributed by atoms with Crippen LogP contribution < -0.4 is 4.74 Å². The maximum Gasteiger partial charge on any atom is 0.338 e. The van der Waals surface area contributed by atoms with Gasteiger partial charge in [0.1, 0.15) is 5.75 Å². The van der Waals surface area contributed by atoms with E-state index >= 15 is 0 Å². The van der Waals surface area contributed by atoms with Crippen molar-refractivity contribution in [1.29, 1.82) is 0 Å². The average molecular weight is 352 g/mol. The Labute approximate surface area is 151 Å². The summed E-state index contributed by atoms with van der Waals surface area (Å²) < 4.78 is 15.9. The van der Waals surface area contributed by atoms with Gasteiger partial charge >= 0.3 is 5.97 Å². The summed E-state index contributed by atoms with van der Waals surface area (Å²) >= 11 is 0. The fourth-order valence-electron chi connectivity index (χ4n) is 2.29. The summed E-state index contributed by atoms with van der Waals surface area (Å²) in [5.41, 5.74) is 2.42. The molecule has 3 rings (SSSR count). The molecule has 0 saturated heterocycles. The van der Waals surface area contributed by atoms with Crippen LogP contribution in [0.25, 0.3) is 11.4 Å². The number of aromatic nitrogens is 2. The highest BCUT2D eigenvalue weighted by molar-refractivity contribution is 5.89. The SMILES string of the molecule is Cc1ccc(-c2noc(COC(=O)c3ccc(OC(C)C)cc3)n2)cc1. The number of carbonyl (C=O) groups is 1. The van der Waals surface area contributed by atoms with Crippen molar-refractivity contribution in [2.24, 2.45) is 0 Å². The molecule has 134 valence electrons. The van der Waals surface area contributed by atoms with Crippen LogP contribution in [-0.4, -0.2) is 22.2 Å². The second-order valence-corrected chi connectivity index (χ2v) is 6.14. The molecule has 0 amide bonds. The van der Waals surface area contributed by atoms with E-state index in [0.717, 1.165) is 11.1 Å². The number of hydrogen-bond acceptors (Lipinski definition) is 6. The lowest BCUT2D eigenvalue weighted by molar-refractivity contribution is 0.0430. The molecule has 0 spiro atoms. The lowest BCUT2D eigenvalue weighted by Gasteiger charge is -2.09. The molecule has 3 aromatic rings. The van der Waals surface area contributed by atoms with Crippen molar-refractivity contribution >= 4 is 5.97 Å². The average Bonchev–Trinajstić information content (AvgIpc) is 3.09. The molecular weight excluding hydrogens is 332 g/mol. The van der Waals surface area contributed by atoms with E-state index in [9.17, 15) is 4.79 Å². The smallest absolute Gasteiger partial charge is 0.338 e. The molecule has 0 radical (unpaired) electrons. The van der Waals surface area contributed by atoms with Crippen molar-refractivity contribution < 1.29 is 18.8 Å². The van der Waals surface area contributed by atoms with Crippen LogP contribution in [0.4, 0.5) is 0 Å². The second kappa shape index (κ2) is 7.82. The lowest BCUT2D eigenvalue weighted by atomic mass is 10.1. The standard InChI is InChI=1S/C20H20N2O4/c1-13(2)25-17-10-8-16(9-11-17)20(23)24-12-18-21-19(22-26-18)15-6-4-14(3)5-7-15/h4-11,13H,12H2,1-3H3. The summed E-state index contributed by atoms with van der Waals surface area (Å²) in [6, 6.07) is 14.6. The fourth-order valence-corrected chi connectivity index (χ4v) is 2.29. The minimum absolute atomic E-state index is 0.0769. The molecule has 0 N–H and O–H groups in total. The summed E-state index contributed by atoms with van der Waals surface area (Å²) in [7, 11) is 0. The molecule has 0 aliphatic rings. The van der Waals surface area contributed by atoms with Crippen molar-refractivity contribution in [3.63, 3.8) is 0 Å². The molecule has 0 atom stereocenters.